The summed E-state index contributed by atoms with van der Waals surface area (Å²) in [6, 6.07) is 13.4. The fourth-order valence-electron chi connectivity index (χ4n) is 2.85. The molecule has 0 atom stereocenters. The van der Waals surface area contributed by atoms with Gasteiger partial charge in [-0.05, 0) is 56.7 Å². The maximum atomic E-state index is 12.9. The van der Waals surface area contributed by atoms with E-state index in [1.54, 1.807) is 37.7 Å². The van der Waals surface area contributed by atoms with Crippen molar-refractivity contribution in [2.45, 2.75) is 37.8 Å². The van der Waals surface area contributed by atoms with Gasteiger partial charge in [0.2, 0.25) is 10.0 Å². The van der Waals surface area contributed by atoms with Gasteiger partial charge < -0.3 is 5.32 Å². The summed E-state index contributed by atoms with van der Waals surface area (Å²) in [5, 5.41) is 7.07. The number of hydrogen-bond donors (Lipinski definition) is 2. The van der Waals surface area contributed by atoms with Crippen molar-refractivity contribution in [2.24, 2.45) is 0 Å². The van der Waals surface area contributed by atoms with Gasteiger partial charge in [0, 0.05) is 29.2 Å². The number of nitrogens with zero attached hydrogens (tertiary/aromatic N) is 2. The lowest BCUT2D eigenvalue weighted by atomic mass is 10.1. The molecule has 0 spiro atoms. The minimum atomic E-state index is -3.89. The first-order chi connectivity index (χ1) is 14.0. The summed E-state index contributed by atoms with van der Waals surface area (Å²) in [5.74, 6) is -0.438. The molecule has 3 rings (SSSR count). The maximum absolute atomic E-state index is 12.9. The quantitative estimate of drug-likeness (QED) is 0.600. The van der Waals surface area contributed by atoms with Crippen LogP contribution in [0.1, 0.15) is 36.7 Å². The molecule has 3 aromatic rings. The first-order valence-corrected chi connectivity index (χ1v) is 11.1. The van der Waals surface area contributed by atoms with E-state index in [1.165, 1.54) is 18.2 Å². The van der Waals surface area contributed by atoms with E-state index in [-0.39, 0.29) is 15.5 Å². The topological polar surface area (TPSA) is 93.1 Å². The number of carbonyl (C=O) groups excluding carboxylic acids is 1. The molecule has 0 unspecified atom stereocenters. The van der Waals surface area contributed by atoms with E-state index in [9.17, 15) is 13.2 Å². The molecule has 0 fully saturated rings. The normalized spacial score (nSPS) is 12.0. The van der Waals surface area contributed by atoms with E-state index in [1.807, 2.05) is 30.5 Å². The van der Waals surface area contributed by atoms with Crippen LogP contribution in [0, 0.1) is 0 Å². The molecule has 0 aliphatic heterocycles. The van der Waals surface area contributed by atoms with Crippen molar-refractivity contribution >= 4 is 33.2 Å². The lowest BCUT2D eigenvalue weighted by molar-refractivity contribution is 0.102. The average molecular weight is 447 g/mol. The molecule has 0 saturated heterocycles. The highest BCUT2D eigenvalue weighted by atomic mass is 35.5. The molecule has 1 aromatic heterocycles. The van der Waals surface area contributed by atoms with E-state index in [2.05, 4.69) is 15.1 Å². The van der Waals surface area contributed by atoms with Crippen LogP contribution in [0.4, 0.5) is 5.69 Å². The molecule has 7 nitrogen and oxygen atoms in total. The van der Waals surface area contributed by atoms with Gasteiger partial charge in [-0.3, -0.25) is 9.48 Å². The molecule has 0 radical (unpaired) electrons. The zero-order valence-corrected chi connectivity index (χ0v) is 18.5. The van der Waals surface area contributed by atoms with Crippen LogP contribution in [0.15, 0.2) is 65.8 Å². The lowest BCUT2D eigenvalue weighted by Crippen LogP contribution is -2.40. The van der Waals surface area contributed by atoms with Crippen LogP contribution in [0.2, 0.25) is 5.02 Å². The molecule has 1 heterocycles. The minimum Gasteiger partial charge on any atom is -0.322 e. The summed E-state index contributed by atoms with van der Waals surface area (Å²) in [4.78, 5) is 12.7. The number of nitrogens with one attached hydrogen (secondary N) is 2. The highest BCUT2D eigenvalue weighted by molar-refractivity contribution is 7.89. The average Bonchev–Trinajstić information content (AvgIpc) is 3.14. The van der Waals surface area contributed by atoms with Crippen LogP contribution in [0.5, 0.6) is 0 Å². The van der Waals surface area contributed by atoms with Crippen LogP contribution in [-0.4, -0.2) is 29.6 Å². The van der Waals surface area contributed by atoms with Crippen LogP contribution >= 0.6 is 11.6 Å². The number of aromatic nitrogens is 2. The highest BCUT2D eigenvalue weighted by Crippen LogP contribution is 2.25. The second kappa shape index (κ2) is 8.59. The first kappa shape index (κ1) is 22.0. The predicted molar refractivity (Wildman–Crippen MR) is 117 cm³/mol. The largest absolute Gasteiger partial charge is 0.322 e. The van der Waals surface area contributed by atoms with Gasteiger partial charge in [-0.15, -0.1) is 0 Å². The van der Waals surface area contributed by atoms with E-state index in [4.69, 9.17) is 11.6 Å². The van der Waals surface area contributed by atoms with Crippen molar-refractivity contribution < 1.29 is 13.2 Å². The summed E-state index contributed by atoms with van der Waals surface area (Å²) in [6.07, 6.45) is 3.51. The molecular formula is C21H23ClN4O3S. The number of carbonyl (C=O) groups is 1. The van der Waals surface area contributed by atoms with Crippen molar-refractivity contribution in [1.29, 1.82) is 0 Å². The molecule has 0 aliphatic rings. The molecule has 1 amide bonds. The van der Waals surface area contributed by atoms with Crippen molar-refractivity contribution in [3.8, 4) is 0 Å². The Morgan fingerprint density at radius 3 is 2.53 bits per heavy atom. The molecule has 2 aromatic carbocycles. The highest BCUT2D eigenvalue weighted by Gasteiger charge is 2.25. The van der Waals surface area contributed by atoms with E-state index < -0.39 is 21.5 Å². The van der Waals surface area contributed by atoms with Crippen molar-refractivity contribution in [3.05, 3.63) is 77.1 Å². The monoisotopic (exact) mass is 446 g/mol. The lowest BCUT2D eigenvalue weighted by Gasteiger charge is -2.21. The Morgan fingerprint density at radius 1 is 1.13 bits per heavy atom. The molecular weight excluding hydrogens is 424 g/mol. The van der Waals surface area contributed by atoms with Gasteiger partial charge in [0.1, 0.15) is 4.90 Å². The number of benzene rings is 2. The van der Waals surface area contributed by atoms with Gasteiger partial charge in [0.25, 0.3) is 5.91 Å². The number of anilines is 1. The number of hydrogen-bond acceptors (Lipinski definition) is 4. The Bertz CT molecular complexity index is 1150. The fourth-order valence-corrected chi connectivity index (χ4v) is 4.80. The Balaban J connectivity index is 1.87. The zero-order valence-electron chi connectivity index (χ0n) is 16.9. The molecule has 2 N–H and O–H groups in total. The summed E-state index contributed by atoms with van der Waals surface area (Å²) in [5.41, 5.74) is 0.977. The summed E-state index contributed by atoms with van der Waals surface area (Å²) < 4.78 is 29.7. The number of amides is 1. The second-order valence-electron chi connectivity index (χ2n) is 7.82. The van der Waals surface area contributed by atoms with E-state index >= 15 is 0 Å². The summed E-state index contributed by atoms with van der Waals surface area (Å²) in [6.45, 7) is 5.67. The van der Waals surface area contributed by atoms with E-state index in [0.29, 0.717) is 12.2 Å². The van der Waals surface area contributed by atoms with Gasteiger partial charge >= 0.3 is 0 Å². The van der Waals surface area contributed by atoms with Crippen molar-refractivity contribution in [2.75, 3.05) is 5.32 Å². The SMILES string of the molecule is CC(C)(C)NS(=O)(=O)c1cc(C(=O)Nc2ccccc2Cn2cccn2)ccc1Cl. The van der Waals surface area contributed by atoms with E-state index in [0.717, 1.165) is 5.56 Å². The molecule has 158 valence electrons. The van der Waals surface area contributed by atoms with Gasteiger partial charge in [0.05, 0.1) is 11.6 Å². The van der Waals surface area contributed by atoms with Crippen LogP contribution in [0.25, 0.3) is 0 Å². The van der Waals surface area contributed by atoms with Crippen LogP contribution < -0.4 is 10.0 Å². The van der Waals surface area contributed by atoms with Crippen molar-refractivity contribution in [3.63, 3.8) is 0 Å². The first-order valence-electron chi connectivity index (χ1n) is 9.25. The maximum Gasteiger partial charge on any atom is 0.255 e. The van der Waals surface area contributed by atoms with Crippen molar-refractivity contribution in [1.82, 2.24) is 14.5 Å². The fraction of sp³-hybridized carbons (Fsp3) is 0.238. The number of halogens is 1. The number of para-hydroxylation sites is 1. The Kier molecular flexibility index (Phi) is 6.30. The molecule has 9 heteroatoms. The summed E-state index contributed by atoms with van der Waals surface area (Å²) >= 11 is 6.12. The van der Waals surface area contributed by atoms with Gasteiger partial charge in [-0.25, -0.2) is 13.1 Å². The van der Waals surface area contributed by atoms with Crippen LogP contribution in [-0.2, 0) is 16.6 Å². The Morgan fingerprint density at radius 2 is 1.87 bits per heavy atom. The third-order valence-electron chi connectivity index (χ3n) is 4.08. The molecule has 0 aliphatic carbocycles. The van der Waals surface area contributed by atoms with Gasteiger partial charge in [-0.2, -0.15) is 5.10 Å². The third-order valence-corrected chi connectivity index (χ3v) is 6.32. The molecule has 0 bridgehead atoms. The number of rotatable bonds is 6. The third kappa shape index (κ3) is 5.47. The Hall–Kier alpha value is -2.68. The molecule has 0 saturated carbocycles. The number of sulfonamides is 1. The Labute approximate surface area is 181 Å². The second-order valence-corrected chi connectivity index (χ2v) is 9.87. The summed E-state index contributed by atoms with van der Waals surface area (Å²) in [7, 11) is -3.89. The standard InChI is InChI=1S/C21H23ClN4O3S/c1-21(2,3)25-30(28,29)19-13-15(9-10-17(19)22)20(27)24-18-8-5-4-7-16(18)14-26-12-6-11-23-26/h4-13,25H,14H2,1-3H3,(H,24,27). The smallest absolute Gasteiger partial charge is 0.255 e. The van der Waals surface area contributed by atoms with Gasteiger partial charge in [0.15, 0.2) is 0 Å². The minimum absolute atomic E-state index is 0.0439. The van der Waals surface area contributed by atoms with Gasteiger partial charge in [-0.1, -0.05) is 29.8 Å². The van der Waals surface area contributed by atoms with Crippen LogP contribution in [0.3, 0.4) is 0 Å². The molecule has 30 heavy (non-hydrogen) atoms. The predicted octanol–water partition coefficient (Wildman–Crippen LogP) is 3.91. The zero-order chi connectivity index (χ0) is 21.9.